The van der Waals surface area contributed by atoms with E-state index in [1.54, 1.807) is 0 Å². The monoisotopic (exact) mass is 226 g/mol. The first-order valence-electron chi connectivity index (χ1n) is 3.70. The number of rotatable bonds is 2. The van der Waals surface area contributed by atoms with Crippen LogP contribution in [0.4, 0.5) is 5.13 Å². The Balaban J connectivity index is 2.58. The molecule has 0 aromatic carbocycles. The highest BCUT2D eigenvalue weighted by atomic mass is 32.1. The number of anilines is 1. The molecule has 6 heteroatoms. The quantitative estimate of drug-likeness (QED) is 0.822. The van der Waals surface area contributed by atoms with Crippen molar-refractivity contribution in [1.82, 2.24) is 4.98 Å². The highest BCUT2D eigenvalue weighted by molar-refractivity contribution is 7.19. The summed E-state index contributed by atoms with van der Waals surface area (Å²) in [6.45, 7) is 0. The van der Waals surface area contributed by atoms with Gasteiger partial charge in [0.1, 0.15) is 0 Å². The van der Waals surface area contributed by atoms with Crippen LogP contribution in [0.15, 0.2) is 16.8 Å². The highest BCUT2D eigenvalue weighted by Crippen LogP contribution is 2.32. The van der Waals surface area contributed by atoms with Crippen LogP contribution in [0.3, 0.4) is 0 Å². The number of carbonyl (C=O) groups is 1. The van der Waals surface area contributed by atoms with Crippen molar-refractivity contribution in [1.29, 1.82) is 0 Å². The summed E-state index contributed by atoms with van der Waals surface area (Å²) in [7, 11) is 0. The van der Waals surface area contributed by atoms with Crippen LogP contribution in [0.2, 0.25) is 0 Å². The van der Waals surface area contributed by atoms with Gasteiger partial charge in [0.2, 0.25) is 0 Å². The molecular formula is C8H6N2O2S2. The molecule has 14 heavy (non-hydrogen) atoms. The standard InChI is InChI=1S/C8H6N2O2S2/c9-8-10-5(7(11)12)6(14-8)4-1-2-13-3-4/h1-3H,(H2,9,10)(H,11,12). The van der Waals surface area contributed by atoms with Crippen molar-refractivity contribution in [2.45, 2.75) is 0 Å². The van der Waals surface area contributed by atoms with E-state index in [0.29, 0.717) is 4.88 Å². The van der Waals surface area contributed by atoms with E-state index in [1.165, 1.54) is 22.7 Å². The molecule has 72 valence electrons. The van der Waals surface area contributed by atoms with Gasteiger partial charge in [0.25, 0.3) is 0 Å². The number of hydrogen-bond acceptors (Lipinski definition) is 5. The third-order valence-electron chi connectivity index (χ3n) is 1.63. The lowest BCUT2D eigenvalue weighted by Gasteiger charge is -1.92. The Morgan fingerprint density at radius 2 is 2.36 bits per heavy atom. The van der Waals surface area contributed by atoms with Gasteiger partial charge in [-0.25, -0.2) is 9.78 Å². The Labute approximate surface area is 87.6 Å². The molecule has 0 fully saturated rings. The summed E-state index contributed by atoms with van der Waals surface area (Å²) in [4.78, 5) is 15.2. The number of carboxylic acids is 1. The second-order valence-electron chi connectivity index (χ2n) is 2.55. The van der Waals surface area contributed by atoms with Crippen LogP contribution in [0.1, 0.15) is 10.5 Å². The van der Waals surface area contributed by atoms with E-state index in [-0.39, 0.29) is 10.8 Å². The van der Waals surface area contributed by atoms with Gasteiger partial charge in [0.15, 0.2) is 10.8 Å². The number of nitrogens with zero attached hydrogens (tertiary/aromatic N) is 1. The maximum absolute atomic E-state index is 10.8. The summed E-state index contributed by atoms with van der Waals surface area (Å²) >= 11 is 2.70. The number of nitrogen functional groups attached to an aromatic ring is 1. The van der Waals surface area contributed by atoms with Gasteiger partial charge in [-0.05, 0) is 16.8 Å². The van der Waals surface area contributed by atoms with Crippen LogP contribution in [0, 0.1) is 0 Å². The average Bonchev–Trinajstić information content (AvgIpc) is 2.70. The fourth-order valence-electron chi connectivity index (χ4n) is 1.07. The smallest absolute Gasteiger partial charge is 0.356 e. The van der Waals surface area contributed by atoms with Crippen LogP contribution < -0.4 is 5.73 Å². The Kier molecular flexibility index (Phi) is 2.22. The van der Waals surface area contributed by atoms with Gasteiger partial charge in [-0.3, -0.25) is 0 Å². The van der Waals surface area contributed by atoms with E-state index in [2.05, 4.69) is 4.98 Å². The maximum Gasteiger partial charge on any atom is 0.356 e. The lowest BCUT2D eigenvalue weighted by atomic mass is 10.2. The van der Waals surface area contributed by atoms with Gasteiger partial charge in [-0.1, -0.05) is 11.3 Å². The minimum Gasteiger partial charge on any atom is -0.476 e. The first-order valence-corrected chi connectivity index (χ1v) is 5.46. The molecule has 0 spiro atoms. The van der Waals surface area contributed by atoms with Crippen molar-refractivity contribution in [3.8, 4) is 10.4 Å². The first kappa shape index (κ1) is 9.17. The van der Waals surface area contributed by atoms with Crippen molar-refractivity contribution < 1.29 is 9.90 Å². The number of thiazole rings is 1. The molecular weight excluding hydrogens is 220 g/mol. The lowest BCUT2D eigenvalue weighted by molar-refractivity contribution is 0.0692. The van der Waals surface area contributed by atoms with Gasteiger partial charge in [-0.15, -0.1) is 0 Å². The summed E-state index contributed by atoms with van der Waals surface area (Å²) in [6.07, 6.45) is 0. The minimum absolute atomic E-state index is 0.0332. The molecule has 3 N–H and O–H groups in total. The van der Waals surface area contributed by atoms with Gasteiger partial charge < -0.3 is 10.8 Å². The molecule has 4 nitrogen and oxygen atoms in total. The van der Waals surface area contributed by atoms with Crippen LogP contribution in [-0.2, 0) is 0 Å². The number of carboxylic acid groups (broad SMARTS) is 1. The van der Waals surface area contributed by atoms with Crippen LogP contribution in [0.5, 0.6) is 0 Å². The van der Waals surface area contributed by atoms with Crippen LogP contribution in [0.25, 0.3) is 10.4 Å². The number of thiophene rings is 1. The molecule has 0 aliphatic heterocycles. The SMILES string of the molecule is Nc1nc(C(=O)O)c(-c2ccsc2)s1. The van der Waals surface area contributed by atoms with Crippen molar-refractivity contribution in [3.63, 3.8) is 0 Å². The van der Waals surface area contributed by atoms with Crippen LogP contribution in [-0.4, -0.2) is 16.1 Å². The van der Waals surface area contributed by atoms with Gasteiger partial charge in [-0.2, -0.15) is 11.3 Å². The summed E-state index contributed by atoms with van der Waals surface area (Å²) in [5, 5.41) is 12.9. The third-order valence-corrected chi connectivity index (χ3v) is 3.25. The molecule has 0 atom stereocenters. The molecule has 0 aliphatic carbocycles. The number of aromatic carboxylic acids is 1. The first-order chi connectivity index (χ1) is 6.68. The summed E-state index contributed by atoms with van der Waals surface area (Å²) < 4.78 is 0. The molecule has 2 aromatic heterocycles. The minimum atomic E-state index is -1.04. The molecule has 0 aliphatic rings. The van der Waals surface area contributed by atoms with Crippen molar-refractivity contribution in [2.24, 2.45) is 0 Å². The molecule has 2 heterocycles. The van der Waals surface area contributed by atoms with E-state index in [1.807, 2.05) is 16.8 Å². The second-order valence-corrected chi connectivity index (χ2v) is 4.36. The van der Waals surface area contributed by atoms with E-state index in [4.69, 9.17) is 10.8 Å². The molecule has 2 aromatic rings. The molecule has 0 saturated carbocycles. The second kappa shape index (κ2) is 3.39. The Morgan fingerprint density at radius 3 is 2.93 bits per heavy atom. The zero-order chi connectivity index (χ0) is 10.1. The van der Waals surface area contributed by atoms with Crippen LogP contribution >= 0.6 is 22.7 Å². The van der Waals surface area contributed by atoms with Crippen molar-refractivity contribution in [3.05, 3.63) is 22.5 Å². The Morgan fingerprint density at radius 1 is 1.57 bits per heavy atom. The topological polar surface area (TPSA) is 76.2 Å². The fourth-order valence-corrected chi connectivity index (χ4v) is 2.61. The Hall–Kier alpha value is -1.40. The number of nitrogens with two attached hydrogens (primary N) is 1. The third kappa shape index (κ3) is 1.49. The normalized spacial score (nSPS) is 10.3. The van der Waals surface area contributed by atoms with Crippen molar-refractivity contribution in [2.75, 3.05) is 5.73 Å². The van der Waals surface area contributed by atoms with E-state index in [9.17, 15) is 4.79 Å². The molecule has 0 unspecified atom stereocenters. The van der Waals surface area contributed by atoms with Gasteiger partial charge >= 0.3 is 5.97 Å². The zero-order valence-electron chi connectivity index (χ0n) is 6.93. The summed E-state index contributed by atoms with van der Waals surface area (Å²) in [6, 6.07) is 1.85. The molecule has 0 bridgehead atoms. The largest absolute Gasteiger partial charge is 0.476 e. The van der Waals surface area contributed by atoms with E-state index in [0.717, 1.165) is 5.56 Å². The molecule has 0 radical (unpaired) electrons. The average molecular weight is 226 g/mol. The molecule has 2 rings (SSSR count). The summed E-state index contributed by atoms with van der Waals surface area (Å²) in [5.41, 5.74) is 6.37. The maximum atomic E-state index is 10.8. The van der Waals surface area contributed by atoms with E-state index >= 15 is 0 Å². The van der Waals surface area contributed by atoms with Crippen molar-refractivity contribution >= 4 is 33.8 Å². The summed E-state index contributed by atoms with van der Waals surface area (Å²) in [5.74, 6) is -1.04. The molecule has 0 saturated heterocycles. The van der Waals surface area contributed by atoms with Gasteiger partial charge in [0, 0.05) is 5.56 Å². The lowest BCUT2D eigenvalue weighted by Crippen LogP contribution is -1.98. The zero-order valence-corrected chi connectivity index (χ0v) is 8.56. The highest BCUT2D eigenvalue weighted by Gasteiger charge is 2.17. The predicted molar refractivity (Wildman–Crippen MR) is 56.8 cm³/mol. The van der Waals surface area contributed by atoms with Gasteiger partial charge in [0.05, 0.1) is 4.88 Å². The predicted octanol–water partition coefficient (Wildman–Crippen LogP) is 2.15. The molecule has 0 amide bonds. The number of hydrogen-bond donors (Lipinski definition) is 2. The van der Waals surface area contributed by atoms with E-state index < -0.39 is 5.97 Å². The fraction of sp³-hybridized carbons (Fsp3) is 0. The Bertz CT molecular complexity index is 462. The number of aromatic nitrogens is 1.